The molecule has 2 aromatic carbocycles. The Morgan fingerprint density at radius 1 is 1.04 bits per heavy atom. The van der Waals surface area contributed by atoms with E-state index in [-0.39, 0.29) is 17.7 Å². The van der Waals surface area contributed by atoms with E-state index in [1.54, 1.807) is 0 Å². The van der Waals surface area contributed by atoms with Crippen LogP contribution in [0.5, 0.6) is 0 Å². The molecule has 0 aromatic heterocycles. The molecule has 2 heterocycles. The third-order valence-corrected chi connectivity index (χ3v) is 5.21. The van der Waals surface area contributed by atoms with Gasteiger partial charge in [-0.2, -0.15) is 0 Å². The number of benzene rings is 2. The first-order valence-corrected chi connectivity index (χ1v) is 8.07. The van der Waals surface area contributed by atoms with E-state index in [4.69, 9.17) is 0 Å². The van der Waals surface area contributed by atoms with Gasteiger partial charge in [0.15, 0.2) is 0 Å². The molecule has 1 saturated carbocycles. The second-order valence-corrected chi connectivity index (χ2v) is 6.77. The molecular weight excluding hydrogens is 286 g/mol. The van der Waals surface area contributed by atoms with Gasteiger partial charge in [-0.05, 0) is 30.9 Å². The highest BCUT2D eigenvalue weighted by Crippen LogP contribution is 2.53. The molecule has 1 aliphatic carbocycles. The Kier molecular flexibility index (Phi) is 3.12. The molecule has 3 heteroatoms. The first-order chi connectivity index (χ1) is 11.1. The lowest BCUT2D eigenvalue weighted by Crippen LogP contribution is -2.65. The highest BCUT2D eigenvalue weighted by Gasteiger charge is 2.61. The molecule has 2 aromatic rings. The molecular formula is C20H19NO2. The maximum Gasteiger partial charge on any atom is 0.240 e. The number of carbonyl (C=O) groups excluding carboxylic acids is 2. The number of hydrogen-bond acceptors (Lipinski definition) is 2. The van der Waals surface area contributed by atoms with Crippen LogP contribution in [0.3, 0.4) is 0 Å². The van der Waals surface area contributed by atoms with Crippen molar-refractivity contribution in [1.29, 1.82) is 0 Å². The van der Waals surface area contributed by atoms with Crippen LogP contribution in [0.1, 0.15) is 29.5 Å². The van der Waals surface area contributed by atoms with E-state index in [1.807, 2.05) is 55.5 Å². The average molecular weight is 305 g/mol. The Hall–Kier alpha value is -2.42. The molecule has 2 amide bonds. The van der Waals surface area contributed by atoms with Crippen LogP contribution in [-0.2, 0) is 21.5 Å². The molecule has 2 aliphatic heterocycles. The quantitative estimate of drug-likeness (QED) is 0.817. The van der Waals surface area contributed by atoms with Gasteiger partial charge < -0.3 is 0 Å². The number of carbonyl (C=O) groups is 2. The second-order valence-electron chi connectivity index (χ2n) is 6.77. The molecule has 116 valence electrons. The van der Waals surface area contributed by atoms with E-state index >= 15 is 0 Å². The number of hydrogen-bond donors (Lipinski definition) is 0. The Morgan fingerprint density at radius 2 is 1.78 bits per heavy atom. The second kappa shape index (κ2) is 5.05. The van der Waals surface area contributed by atoms with Crippen molar-refractivity contribution in [3.63, 3.8) is 0 Å². The maximum absolute atomic E-state index is 13.1. The van der Waals surface area contributed by atoms with Gasteiger partial charge in [0.1, 0.15) is 0 Å². The smallest absolute Gasteiger partial charge is 0.240 e. The first kappa shape index (κ1) is 14.2. The summed E-state index contributed by atoms with van der Waals surface area (Å²) in [5.74, 6) is -0.0373. The number of nitrogens with zero attached hydrogens (tertiary/aromatic N) is 1. The standard InChI is InChI=1S/C20H19NO2/c1-14-6-5-9-17(10-14)20-11-16(12-20)18(22)21(19(20)23)13-15-7-3-2-4-8-15/h2-10,16H,11-13H2,1H3. The maximum atomic E-state index is 13.1. The molecule has 2 saturated heterocycles. The van der Waals surface area contributed by atoms with Crippen LogP contribution in [-0.4, -0.2) is 16.7 Å². The van der Waals surface area contributed by atoms with Crippen LogP contribution in [0.15, 0.2) is 54.6 Å². The predicted octanol–water partition coefficient (Wildman–Crippen LogP) is 3.21. The number of rotatable bonds is 3. The predicted molar refractivity (Wildman–Crippen MR) is 87.6 cm³/mol. The summed E-state index contributed by atoms with van der Waals surface area (Å²) in [5.41, 5.74) is 2.72. The molecule has 5 rings (SSSR count). The molecule has 3 aliphatic rings. The molecule has 2 bridgehead atoms. The Morgan fingerprint density at radius 3 is 2.48 bits per heavy atom. The number of imide groups is 1. The Labute approximate surface area is 135 Å². The summed E-state index contributed by atoms with van der Waals surface area (Å²) in [6, 6.07) is 17.9. The van der Waals surface area contributed by atoms with Crippen molar-refractivity contribution in [2.45, 2.75) is 31.7 Å². The van der Waals surface area contributed by atoms with Crippen LogP contribution >= 0.6 is 0 Å². The minimum Gasteiger partial charge on any atom is -0.277 e. The van der Waals surface area contributed by atoms with E-state index < -0.39 is 5.41 Å². The molecule has 23 heavy (non-hydrogen) atoms. The van der Waals surface area contributed by atoms with Crippen LogP contribution in [0.2, 0.25) is 0 Å². The first-order valence-electron chi connectivity index (χ1n) is 8.07. The fraction of sp³-hybridized carbons (Fsp3) is 0.300. The summed E-state index contributed by atoms with van der Waals surface area (Å²) >= 11 is 0. The molecule has 0 N–H and O–H groups in total. The Bertz CT molecular complexity index is 775. The van der Waals surface area contributed by atoms with Gasteiger partial charge in [0.05, 0.1) is 12.0 Å². The van der Waals surface area contributed by atoms with Crippen molar-refractivity contribution in [3.8, 4) is 0 Å². The summed E-state index contributed by atoms with van der Waals surface area (Å²) in [5, 5.41) is 0. The number of amides is 2. The van der Waals surface area contributed by atoms with Crippen LogP contribution in [0.4, 0.5) is 0 Å². The monoisotopic (exact) mass is 305 g/mol. The molecule has 3 fully saturated rings. The fourth-order valence-electron chi connectivity index (χ4n) is 3.93. The van der Waals surface area contributed by atoms with E-state index in [0.717, 1.165) is 16.7 Å². The topological polar surface area (TPSA) is 37.4 Å². The van der Waals surface area contributed by atoms with Crippen molar-refractivity contribution in [3.05, 3.63) is 71.3 Å². The summed E-state index contributed by atoms with van der Waals surface area (Å²) < 4.78 is 0. The van der Waals surface area contributed by atoms with Crippen LogP contribution < -0.4 is 0 Å². The van der Waals surface area contributed by atoms with E-state index in [2.05, 4.69) is 6.07 Å². The third kappa shape index (κ3) is 2.11. The fourth-order valence-corrected chi connectivity index (χ4v) is 3.93. The molecule has 0 unspecified atom stereocenters. The largest absolute Gasteiger partial charge is 0.277 e. The molecule has 0 atom stereocenters. The van der Waals surface area contributed by atoms with Gasteiger partial charge in [-0.1, -0.05) is 60.2 Å². The van der Waals surface area contributed by atoms with E-state index in [9.17, 15) is 9.59 Å². The third-order valence-electron chi connectivity index (χ3n) is 5.21. The summed E-state index contributed by atoms with van der Waals surface area (Å²) in [7, 11) is 0. The number of piperidine rings is 2. The minimum absolute atomic E-state index is 0.00285. The van der Waals surface area contributed by atoms with Crippen molar-refractivity contribution in [1.82, 2.24) is 4.90 Å². The highest BCUT2D eigenvalue weighted by atomic mass is 16.2. The van der Waals surface area contributed by atoms with E-state index in [1.165, 1.54) is 4.90 Å². The highest BCUT2D eigenvalue weighted by molar-refractivity contribution is 6.07. The van der Waals surface area contributed by atoms with Crippen molar-refractivity contribution < 1.29 is 9.59 Å². The van der Waals surface area contributed by atoms with Gasteiger partial charge in [0.25, 0.3) is 0 Å². The van der Waals surface area contributed by atoms with Gasteiger partial charge in [-0.3, -0.25) is 14.5 Å². The zero-order valence-electron chi connectivity index (χ0n) is 13.2. The van der Waals surface area contributed by atoms with Crippen LogP contribution in [0, 0.1) is 12.8 Å². The van der Waals surface area contributed by atoms with Gasteiger partial charge in [0, 0.05) is 5.92 Å². The normalized spacial score (nSPS) is 26.1. The number of fused-ring (bicyclic) bond motifs is 2. The zero-order chi connectivity index (χ0) is 16.0. The van der Waals surface area contributed by atoms with Gasteiger partial charge in [-0.25, -0.2) is 0 Å². The minimum atomic E-state index is -0.487. The Balaban J connectivity index is 1.67. The lowest BCUT2D eigenvalue weighted by Gasteiger charge is -2.53. The van der Waals surface area contributed by atoms with Crippen LogP contribution in [0.25, 0.3) is 0 Å². The van der Waals surface area contributed by atoms with Gasteiger partial charge in [-0.15, -0.1) is 0 Å². The summed E-state index contributed by atoms with van der Waals surface area (Å²) in [6.07, 6.45) is 1.33. The lowest BCUT2D eigenvalue weighted by molar-refractivity contribution is -0.169. The van der Waals surface area contributed by atoms with Gasteiger partial charge >= 0.3 is 0 Å². The number of aryl methyl sites for hydroxylation is 1. The summed E-state index contributed by atoms with van der Waals surface area (Å²) in [6.45, 7) is 2.42. The molecule has 0 radical (unpaired) electrons. The SMILES string of the molecule is Cc1cccc(C23CC(C2)C(=O)N(Cc2ccccc2)C3=O)c1. The lowest BCUT2D eigenvalue weighted by atomic mass is 9.54. The summed E-state index contributed by atoms with van der Waals surface area (Å²) in [4.78, 5) is 27.1. The zero-order valence-corrected chi connectivity index (χ0v) is 13.2. The van der Waals surface area contributed by atoms with Crippen molar-refractivity contribution in [2.75, 3.05) is 0 Å². The van der Waals surface area contributed by atoms with E-state index in [0.29, 0.717) is 19.4 Å². The van der Waals surface area contributed by atoms with Crippen molar-refractivity contribution in [2.24, 2.45) is 5.92 Å². The molecule has 3 nitrogen and oxygen atoms in total. The van der Waals surface area contributed by atoms with Gasteiger partial charge in [0.2, 0.25) is 11.8 Å². The average Bonchev–Trinajstić information content (AvgIpc) is 2.51. The van der Waals surface area contributed by atoms with Crippen molar-refractivity contribution >= 4 is 11.8 Å². The molecule has 0 spiro atoms.